The first-order valence-corrected chi connectivity index (χ1v) is 9.90. The van der Waals surface area contributed by atoms with Crippen molar-refractivity contribution in [3.63, 3.8) is 0 Å². The molecular formula is C23H18FN3OS. The maximum Gasteiger partial charge on any atom is 0.281 e. The van der Waals surface area contributed by atoms with Gasteiger partial charge in [-0.2, -0.15) is 10.1 Å². The monoisotopic (exact) mass is 403 g/mol. The number of amides is 1. The molecule has 0 atom stereocenters. The van der Waals surface area contributed by atoms with Gasteiger partial charge in [0, 0.05) is 5.56 Å². The minimum Gasteiger partial charge on any atom is -0.267 e. The first kappa shape index (κ1) is 19.0. The van der Waals surface area contributed by atoms with Crippen molar-refractivity contribution in [2.45, 2.75) is 13.8 Å². The Labute approximate surface area is 171 Å². The summed E-state index contributed by atoms with van der Waals surface area (Å²) in [6, 6.07) is 19.5. The highest BCUT2D eigenvalue weighted by Gasteiger charge is 2.22. The number of carbonyl (C=O) groups excluding carboxylic acids is 1. The molecule has 29 heavy (non-hydrogen) atoms. The normalized spacial score (nSPS) is 11.3. The molecular weight excluding hydrogens is 385 g/mol. The van der Waals surface area contributed by atoms with E-state index in [1.54, 1.807) is 18.3 Å². The summed E-state index contributed by atoms with van der Waals surface area (Å²) in [5, 5.41) is 6.11. The minimum atomic E-state index is -0.340. The molecule has 1 amide bonds. The lowest BCUT2D eigenvalue weighted by Gasteiger charge is -2.15. The fourth-order valence-electron chi connectivity index (χ4n) is 3.00. The fraction of sp³-hybridized carbons (Fsp3) is 0.0870. The van der Waals surface area contributed by atoms with Gasteiger partial charge in [0.15, 0.2) is 0 Å². The molecule has 0 bridgehead atoms. The van der Waals surface area contributed by atoms with Crippen LogP contribution in [0.2, 0.25) is 0 Å². The summed E-state index contributed by atoms with van der Waals surface area (Å²) in [4.78, 5) is 17.9. The molecule has 0 aliphatic rings. The van der Waals surface area contributed by atoms with Crippen molar-refractivity contribution < 1.29 is 9.18 Å². The summed E-state index contributed by atoms with van der Waals surface area (Å²) in [5.74, 6) is -0.623. The highest BCUT2D eigenvalue weighted by atomic mass is 32.1. The first-order valence-electron chi connectivity index (χ1n) is 9.08. The second-order valence-corrected chi connectivity index (χ2v) is 7.71. The lowest BCUT2D eigenvalue weighted by Crippen LogP contribution is -2.26. The Morgan fingerprint density at radius 2 is 1.86 bits per heavy atom. The lowest BCUT2D eigenvalue weighted by atomic mass is 10.1. The van der Waals surface area contributed by atoms with Crippen molar-refractivity contribution in [1.29, 1.82) is 0 Å². The molecule has 0 N–H and O–H groups in total. The third kappa shape index (κ3) is 4.07. The number of hydrogen-bond donors (Lipinski definition) is 0. The van der Waals surface area contributed by atoms with E-state index in [4.69, 9.17) is 0 Å². The highest BCUT2D eigenvalue weighted by Crippen LogP contribution is 2.31. The van der Waals surface area contributed by atoms with E-state index >= 15 is 0 Å². The standard InChI is InChI=1S/C23H18FN3OS/c1-15-8-10-19(16(2)12-15)22(28)27(25-14-17-6-4-3-5-7-17)23-26-20-11-9-18(24)13-21(20)29-23/h3-14H,1-2H3/b25-14+. The second kappa shape index (κ2) is 7.93. The van der Waals surface area contributed by atoms with Crippen LogP contribution in [-0.2, 0) is 0 Å². The quantitative estimate of drug-likeness (QED) is 0.322. The summed E-state index contributed by atoms with van der Waals surface area (Å²) in [6.45, 7) is 3.88. The van der Waals surface area contributed by atoms with Crippen LogP contribution in [0, 0.1) is 19.7 Å². The number of rotatable bonds is 4. The molecule has 4 aromatic rings. The van der Waals surface area contributed by atoms with Crippen LogP contribution in [-0.4, -0.2) is 17.1 Å². The number of thiazole rings is 1. The van der Waals surface area contributed by atoms with Crippen LogP contribution in [0.3, 0.4) is 0 Å². The van der Waals surface area contributed by atoms with Gasteiger partial charge in [-0.05, 0) is 49.2 Å². The molecule has 0 saturated carbocycles. The Kier molecular flexibility index (Phi) is 5.18. The maximum atomic E-state index is 13.6. The Hall–Kier alpha value is -3.38. The smallest absolute Gasteiger partial charge is 0.267 e. The molecule has 144 valence electrons. The Morgan fingerprint density at radius 3 is 2.62 bits per heavy atom. The predicted octanol–water partition coefficient (Wildman–Crippen LogP) is 5.73. The number of aryl methyl sites for hydroxylation is 2. The molecule has 0 unspecified atom stereocenters. The van der Waals surface area contributed by atoms with Gasteiger partial charge in [0.25, 0.3) is 5.91 Å². The number of benzene rings is 3. The molecule has 0 radical (unpaired) electrons. The van der Waals surface area contributed by atoms with Crippen molar-refractivity contribution >= 4 is 38.8 Å². The van der Waals surface area contributed by atoms with Crippen LogP contribution < -0.4 is 5.01 Å². The van der Waals surface area contributed by atoms with Gasteiger partial charge < -0.3 is 0 Å². The second-order valence-electron chi connectivity index (χ2n) is 6.70. The van der Waals surface area contributed by atoms with E-state index in [0.29, 0.717) is 20.9 Å². The number of halogens is 1. The van der Waals surface area contributed by atoms with E-state index in [9.17, 15) is 9.18 Å². The molecule has 6 heteroatoms. The van der Waals surface area contributed by atoms with E-state index in [2.05, 4.69) is 10.1 Å². The van der Waals surface area contributed by atoms with E-state index in [0.717, 1.165) is 16.7 Å². The van der Waals surface area contributed by atoms with Crippen LogP contribution in [0.5, 0.6) is 0 Å². The summed E-state index contributed by atoms with van der Waals surface area (Å²) < 4.78 is 14.3. The largest absolute Gasteiger partial charge is 0.281 e. The van der Waals surface area contributed by atoms with Gasteiger partial charge in [-0.15, -0.1) is 0 Å². The zero-order chi connectivity index (χ0) is 20.4. The predicted molar refractivity (Wildman–Crippen MR) is 116 cm³/mol. The van der Waals surface area contributed by atoms with Crippen molar-refractivity contribution in [3.8, 4) is 0 Å². The molecule has 4 rings (SSSR count). The average molecular weight is 403 g/mol. The Morgan fingerprint density at radius 1 is 1.07 bits per heavy atom. The van der Waals surface area contributed by atoms with Crippen LogP contribution in [0.25, 0.3) is 10.2 Å². The number of hydrogen-bond acceptors (Lipinski definition) is 4. The summed E-state index contributed by atoms with van der Waals surface area (Å²) in [7, 11) is 0. The highest BCUT2D eigenvalue weighted by molar-refractivity contribution is 7.22. The Bertz CT molecular complexity index is 1220. The van der Waals surface area contributed by atoms with E-state index in [1.807, 2.05) is 56.3 Å². The SMILES string of the molecule is Cc1ccc(C(=O)N(/N=C/c2ccccc2)c2nc3ccc(F)cc3s2)c(C)c1. The lowest BCUT2D eigenvalue weighted by molar-refractivity contribution is 0.0987. The molecule has 1 heterocycles. The van der Waals surface area contributed by atoms with E-state index in [1.165, 1.54) is 28.5 Å². The number of fused-ring (bicyclic) bond motifs is 1. The number of nitrogens with zero attached hydrogens (tertiary/aromatic N) is 3. The number of hydrazone groups is 1. The maximum absolute atomic E-state index is 13.6. The zero-order valence-corrected chi connectivity index (χ0v) is 16.8. The van der Waals surface area contributed by atoms with Gasteiger partial charge >= 0.3 is 0 Å². The van der Waals surface area contributed by atoms with Crippen LogP contribution in [0.4, 0.5) is 9.52 Å². The van der Waals surface area contributed by atoms with E-state index in [-0.39, 0.29) is 11.7 Å². The van der Waals surface area contributed by atoms with E-state index < -0.39 is 0 Å². The van der Waals surface area contributed by atoms with Crippen molar-refractivity contribution in [1.82, 2.24) is 4.98 Å². The van der Waals surface area contributed by atoms with Crippen LogP contribution in [0.1, 0.15) is 27.0 Å². The molecule has 4 nitrogen and oxygen atoms in total. The molecule has 0 spiro atoms. The summed E-state index contributed by atoms with van der Waals surface area (Å²) in [6.07, 6.45) is 1.62. The summed E-state index contributed by atoms with van der Waals surface area (Å²) in [5.41, 5.74) is 3.97. The van der Waals surface area contributed by atoms with Gasteiger partial charge in [0.1, 0.15) is 5.82 Å². The average Bonchev–Trinajstić information content (AvgIpc) is 3.11. The molecule has 0 aliphatic heterocycles. The van der Waals surface area contributed by atoms with Gasteiger partial charge in [0.2, 0.25) is 5.13 Å². The van der Waals surface area contributed by atoms with Gasteiger partial charge in [0.05, 0.1) is 16.4 Å². The van der Waals surface area contributed by atoms with Gasteiger partial charge in [-0.25, -0.2) is 9.37 Å². The molecule has 0 fully saturated rings. The first-order chi connectivity index (χ1) is 14.0. The topological polar surface area (TPSA) is 45.6 Å². The third-order valence-electron chi connectivity index (χ3n) is 4.45. The minimum absolute atomic E-state index is 0.283. The van der Waals surface area contributed by atoms with Crippen LogP contribution in [0.15, 0.2) is 71.8 Å². The van der Waals surface area contributed by atoms with Crippen molar-refractivity contribution in [2.24, 2.45) is 5.10 Å². The molecule has 0 aliphatic carbocycles. The molecule has 0 saturated heterocycles. The van der Waals surface area contributed by atoms with Crippen molar-refractivity contribution in [2.75, 3.05) is 5.01 Å². The van der Waals surface area contributed by atoms with Crippen molar-refractivity contribution in [3.05, 3.63) is 94.8 Å². The van der Waals surface area contributed by atoms with Crippen LogP contribution >= 0.6 is 11.3 Å². The molecule has 1 aromatic heterocycles. The number of aromatic nitrogens is 1. The van der Waals surface area contributed by atoms with Gasteiger partial charge in [-0.3, -0.25) is 4.79 Å². The fourth-order valence-corrected chi connectivity index (χ4v) is 3.94. The Balaban J connectivity index is 1.79. The zero-order valence-electron chi connectivity index (χ0n) is 16.0. The number of carbonyl (C=O) groups is 1. The molecule has 3 aromatic carbocycles. The third-order valence-corrected chi connectivity index (χ3v) is 5.44. The number of anilines is 1. The summed E-state index contributed by atoms with van der Waals surface area (Å²) >= 11 is 1.23. The van der Waals surface area contributed by atoms with Gasteiger partial charge in [-0.1, -0.05) is 59.4 Å².